The van der Waals surface area contributed by atoms with Crippen LogP contribution in [-0.2, 0) is 9.59 Å². The lowest BCUT2D eigenvalue weighted by Gasteiger charge is -2.35. The van der Waals surface area contributed by atoms with E-state index in [9.17, 15) is 9.59 Å². The van der Waals surface area contributed by atoms with Gasteiger partial charge in [-0.25, -0.2) is 0 Å². The third kappa shape index (κ3) is 2.86. The normalized spacial score (nSPS) is 28.9. The first-order valence-electron chi connectivity index (χ1n) is 6.76. The number of rotatable bonds is 5. The van der Waals surface area contributed by atoms with E-state index in [0.717, 1.165) is 38.9 Å². The molecule has 0 aromatic rings. The fraction of sp³-hybridized carbons (Fsp3) is 0.846. The molecule has 0 bridgehead atoms. The Bertz CT molecular complexity index is 304. The van der Waals surface area contributed by atoms with Crippen molar-refractivity contribution < 1.29 is 9.59 Å². The van der Waals surface area contributed by atoms with Crippen molar-refractivity contribution in [1.82, 2.24) is 10.2 Å². The summed E-state index contributed by atoms with van der Waals surface area (Å²) in [5, 5.41) is 2.95. The zero-order chi connectivity index (χ0) is 12.3. The first-order chi connectivity index (χ1) is 8.22. The molecule has 0 spiro atoms. The molecular formula is C13H22N2O2. The highest BCUT2D eigenvalue weighted by atomic mass is 16.2. The quantitative estimate of drug-likeness (QED) is 0.776. The molecule has 0 saturated carbocycles. The maximum absolute atomic E-state index is 11.6. The van der Waals surface area contributed by atoms with E-state index in [4.69, 9.17) is 0 Å². The molecule has 2 aliphatic rings. The Kier molecular flexibility index (Phi) is 4.15. The number of carbonyl (C=O) groups is 2. The first-order valence-corrected chi connectivity index (χ1v) is 6.76. The Labute approximate surface area is 103 Å². The molecule has 2 saturated heterocycles. The lowest BCUT2D eigenvalue weighted by atomic mass is 9.91. The van der Waals surface area contributed by atoms with Gasteiger partial charge in [0, 0.05) is 25.4 Å². The first kappa shape index (κ1) is 12.6. The zero-order valence-corrected chi connectivity index (χ0v) is 10.6. The smallest absolute Gasteiger partial charge is 0.224 e. The number of fused-ring (bicyclic) bond motifs is 1. The van der Waals surface area contributed by atoms with Crippen molar-refractivity contribution in [1.29, 1.82) is 0 Å². The Morgan fingerprint density at radius 2 is 2.35 bits per heavy atom. The molecule has 2 heterocycles. The average Bonchev–Trinajstić information content (AvgIpc) is 2.72. The SMILES string of the molecule is CCC(=O)CCCN1CCCC2C(=O)NCC21. The lowest BCUT2D eigenvalue weighted by Crippen LogP contribution is -2.45. The highest BCUT2D eigenvalue weighted by molar-refractivity contribution is 5.82. The van der Waals surface area contributed by atoms with Gasteiger partial charge >= 0.3 is 0 Å². The van der Waals surface area contributed by atoms with Crippen LogP contribution in [0.5, 0.6) is 0 Å². The van der Waals surface area contributed by atoms with E-state index < -0.39 is 0 Å². The Morgan fingerprint density at radius 3 is 3.12 bits per heavy atom. The maximum atomic E-state index is 11.6. The number of Topliss-reactive ketones (excluding diaryl/α,β-unsaturated/α-hetero) is 1. The summed E-state index contributed by atoms with van der Waals surface area (Å²) in [6.07, 6.45) is 4.40. The number of likely N-dealkylation sites (tertiary alicyclic amines) is 1. The highest BCUT2D eigenvalue weighted by Crippen LogP contribution is 2.27. The van der Waals surface area contributed by atoms with Gasteiger partial charge in [0.15, 0.2) is 0 Å². The molecule has 2 rings (SSSR count). The van der Waals surface area contributed by atoms with Crippen LogP contribution in [0.2, 0.25) is 0 Å². The third-order valence-corrected chi connectivity index (χ3v) is 4.01. The van der Waals surface area contributed by atoms with Gasteiger partial charge in [-0.2, -0.15) is 0 Å². The van der Waals surface area contributed by atoms with E-state index in [-0.39, 0.29) is 11.8 Å². The zero-order valence-electron chi connectivity index (χ0n) is 10.6. The molecule has 0 radical (unpaired) electrons. The molecule has 2 unspecified atom stereocenters. The second kappa shape index (κ2) is 5.63. The summed E-state index contributed by atoms with van der Waals surface area (Å²) in [4.78, 5) is 25.2. The lowest BCUT2D eigenvalue weighted by molar-refractivity contribution is -0.124. The number of nitrogens with zero attached hydrogens (tertiary/aromatic N) is 1. The second-order valence-corrected chi connectivity index (χ2v) is 5.09. The van der Waals surface area contributed by atoms with Crippen molar-refractivity contribution in [3.05, 3.63) is 0 Å². The van der Waals surface area contributed by atoms with Crippen molar-refractivity contribution in [3.8, 4) is 0 Å². The second-order valence-electron chi connectivity index (χ2n) is 5.09. The Hall–Kier alpha value is -0.900. The molecule has 1 amide bonds. The van der Waals surface area contributed by atoms with Crippen molar-refractivity contribution in [2.24, 2.45) is 5.92 Å². The molecule has 4 nitrogen and oxygen atoms in total. The van der Waals surface area contributed by atoms with E-state index in [0.29, 0.717) is 24.7 Å². The van der Waals surface area contributed by atoms with Gasteiger partial charge in [0.1, 0.15) is 5.78 Å². The molecule has 96 valence electrons. The minimum atomic E-state index is 0.200. The van der Waals surface area contributed by atoms with E-state index >= 15 is 0 Å². The van der Waals surface area contributed by atoms with Gasteiger partial charge in [-0.15, -0.1) is 0 Å². The number of hydrogen-bond acceptors (Lipinski definition) is 3. The molecular weight excluding hydrogens is 216 g/mol. The average molecular weight is 238 g/mol. The van der Waals surface area contributed by atoms with Gasteiger partial charge in [-0.3, -0.25) is 14.5 Å². The standard InChI is InChI=1S/C13H22N2O2/c1-2-10(16)5-3-7-15-8-4-6-11-12(15)9-14-13(11)17/h11-12H,2-9H2,1H3,(H,14,17). The monoisotopic (exact) mass is 238 g/mol. The number of carbonyl (C=O) groups excluding carboxylic acids is 2. The van der Waals surface area contributed by atoms with Crippen LogP contribution in [0.3, 0.4) is 0 Å². The number of ketones is 1. The van der Waals surface area contributed by atoms with Crippen LogP contribution < -0.4 is 5.32 Å². The molecule has 2 fully saturated rings. The number of amides is 1. The van der Waals surface area contributed by atoms with E-state index in [2.05, 4.69) is 10.2 Å². The summed E-state index contributed by atoms with van der Waals surface area (Å²) >= 11 is 0. The molecule has 0 aromatic heterocycles. The predicted molar refractivity (Wildman–Crippen MR) is 65.6 cm³/mol. The Morgan fingerprint density at radius 1 is 1.53 bits per heavy atom. The van der Waals surface area contributed by atoms with Gasteiger partial charge in [-0.05, 0) is 32.4 Å². The van der Waals surface area contributed by atoms with Crippen molar-refractivity contribution in [2.75, 3.05) is 19.6 Å². The van der Waals surface area contributed by atoms with Gasteiger partial charge in [-0.1, -0.05) is 6.92 Å². The summed E-state index contributed by atoms with van der Waals surface area (Å²) < 4.78 is 0. The molecule has 1 N–H and O–H groups in total. The number of hydrogen-bond donors (Lipinski definition) is 1. The fourth-order valence-corrected chi connectivity index (χ4v) is 2.97. The third-order valence-electron chi connectivity index (χ3n) is 4.01. The highest BCUT2D eigenvalue weighted by Gasteiger charge is 2.40. The summed E-state index contributed by atoms with van der Waals surface area (Å²) in [6.45, 7) is 4.75. The summed E-state index contributed by atoms with van der Waals surface area (Å²) in [6, 6.07) is 0.382. The van der Waals surface area contributed by atoms with E-state index in [1.807, 2.05) is 6.92 Å². The van der Waals surface area contributed by atoms with E-state index in [1.165, 1.54) is 0 Å². The van der Waals surface area contributed by atoms with Crippen LogP contribution >= 0.6 is 0 Å². The number of nitrogens with one attached hydrogen (secondary N) is 1. The van der Waals surface area contributed by atoms with Gasteiger partial charge in [0.25, 0.3) is 0 Å². The van der Waals surface area contributed by atoms with Crippen molar-refractivity contribution in [2.45, 2.75) is 45.1 Å². The topological polar surface area (TPSA) is 49.4 Å². The van der Waals surface area contributed by atoms with Crippen LogP contribution in [0.4, 0.5) is 0 Å². The molecule has 2 aliphatic heterocycles. The predicted octanol–water partition coefficient (Wildman–Crippen LogP) is 0.956. The molecule has 0 aliphatic carbocycles. The van der Waals surface area contributed by atoms with Gasteiger partial charge in [0.2, 0.25) is 5.91 Å². The fourth-order valence-electron chi connectivity index (χ4n) is 2.97. The van der Waals surface area contributed by atoms with Crippen LogP contribution in [-0.4, -0.2) is 42.3 Å². The Balaban J connectivity index is 1.80. The van der Waals surface area contributed by atoms with Crippen LogP contribution in [0.25, 0.3) is 0 Å². The summed E-state index contributed by atoms with van der Waals surface area (Å²) in [7, 11) is 0. The molecule has 4 heteroatoms. The molecule has 2 atom stereocenters. The summed E-state index contributed by atoms with van der Waals surface area (Å²) in [5.41, 5.74) is 0. The van der Waals surface area contributed by atoms with Crippen LogP contribution in [0, 0.1) is 5.92 Å². The minimum absolute atomic E-state index is 0.200. The maximum Gasteiger partial charge on any atom is 0.224 e. The van der Waals surface area contributed by atoms with Crippen LogP contribution in [0.1, 0.15) is 39.0 Å². The van der Waals surface area contributed by atoms with Crippen LogP contribution in [0.15, 0.2) is 0 Å². The van der Waals surface area contributed by atoms with E-state index in [1.54, 1.807) is 0 Å². The minimum Gasteiger partial charge on any atom is -0.354 e. The van der Waals surface area contributed by atoms with Gasteiger partial charge < -0.3 is 5.32 Å². The largest absolute Gasteiger partial charge is 0.354 e. The molecule has 17 heavy (non-hydrogen) atoms. The van der Waals surface area contributed by atoms with Crippen molar-refractivity contribution >= 4 is 11.7 Å². The summed E-state index contributed by atoms with van der Waals surface area (Å²) in [5.74, 6) is 0.772. The van der Waals surface area contributed by atoms with Gasteiger partial charge in [0.05, 0.1) is 5.92 Å². The number of piperidine rings is 1. The van der Waals surface area contributed by atoms with Crippen molar-refractivity contribution in [3.63, 3.8) is 0 Å². The molecule has 0 aromatic carbocycles.